The zero-order chi connectivity index (χ0) is 24.9. The van der Waals surface area contributed by atoms with Crippen LogP contribution < -0.4 is 16.2 Å². The Morgan fingerprint density at radius 3 is 2.47 bits per heavy atom. The highest BCUT2D eigenvalue weighted by atomic mass is 16.6. The summed E-state index contributed by atoms with van der Waals surface area (Å²) in [6, 6.07) is 13.1. The molecule has 1 aromatic carbocycles. The lowest BCUT2D eigenvalue weighted by atomic mass is 10.0. The molecule has 3 aromatic rings. The van der Waals surface area contributed by atoms with Gasteiger partial charge in [-0.1, -0.05) is 30.3 Å². The number of nitrogens with one attached hydrogen (secondary N) is 2. The zero-order valence-corrected chi connectivity index (χ0v) is 20.1. The number of hydrogen-bond donors (Lipinski definition) is 2. The highest BCUT2D eigenvalue weighted by Crippen LogP contribution is 2.22. The topological polar surface area (TPSA) is 102 Å². The largest absolute Gasteiger partial charge is 0.444 e. The molecule has 0 spiro atoms. The summed E-state index contributed by atoms with van der Waals surface area (Å²) in [4.78, 5) is 41.5. The standard InChI is InChI=1S/C26H30N4O4/c1-17-11-20(16-30(5)24(17)32)22(31)12-19-15-28-23(29-25(33)34-26(2,3)4)13-21(19)27-14-18-9-7-6-8-10-18/h6-11,13,15-16H,12,14H2,1-5H3,(H2,27,28,29,33). The summed E-state index contributed by atoms with van der Waals surface area (Å²) in [7, 11) is 1.62. The van der Waals surface area contributed by atoms with Crippen LogP contribution in [0.1, 0.15) is 47.8 Å². The Balaban J connectivity index is 1.86. The molecule has 0 saturated carbocycles. The summed E-state index contributed by atoms with van der Waals surface area (Å²) < 4.78 is 6.71. The van der Waals surface area contributed by atoms with Crippen molar-refractivity contribution in [1.29, 1.82) is 0 Å². The molecule has 0 saturated heterocycles. The van der Waals surface area contributed by atoms with Crippen LogP contribution in [0.2, 0.25) is 0 Å². The Morgan fingerprint density at radius 2 is 1.82 bits per heavy atom. The van der Waals surface area contributed by atoms with Gasteiger partial charge in [-0.2, -0.15) is 0 Å². The summed E-state index contributed by atoms with van der Waals surface area (Å²) in [5, 5.41) is 5.98. The predicted octanol–water partition coefficient (Wildman–Crippen LogP) is 4.47. The average molecular weight is 463 g/mol. The molecule has 34 heavy (non-hydrogen) atoms. The molecule has 0 radical (unpaired) electrons. The number of carbonyl (C=O) groups excluding carboxylic acids is 2. The van der Waals surface area contributed by atoms with Crippen LogP contribution in [0.15, 0.2) is 59.7 Å². The van der Waals surface area contributed by atoms with Crippen molar-refractivity contribution in [3.63, 3.8) is 0 Å². The number of amides is 1. The van der Waals surface area contributed by atoms with Gasteiger partial charge in [-0.15, -0.1) is 0 Å². The second-order valence-electron chi connectivity index (χ2n) is 9.12. The molecule has 2 aromatic heterocycles. The van der Waals surface area contributed by atoms with Crippen molar-refractivity contribution in [2.45, 2.75) is 46.3 Å². The monoisotopic (exact) mass is 462 g/mol. The molecule has 8 heteroatoms. The van der Waals surface area contributed by atoms with Gasteiger partial charge >= 0.3 is 6.09 Å². The highest BCUT2D eigenvalue weighted by molar-refractivity contribution is 5.98. The molecule has 8 nitrogen and oxygen atoms in total. The van der Waals surface area contributed by atoms with Crippen LogP contribution in [0.4, 0.5) is 16.3 Å². The number of rotatable bonds is 7. The summed E-state index contributed by atoms with van der Waals surface area (Å²) in [5.41, 5.74) is 2.57. The number of Topliss-reactive ketones (excluding diaryl/α,β-unsaturated/α-hetero) is 1. The van der Waals surface area contributed by atoms with Gasteiger partial charge in [-0.05, 0) is 39.3 Å². The molecular weight excluding hydrogens is 432 g/mol. The quantitative estimate of drug-likeness (QED) is 0.502. The van der Waals surface area contributed by atoms with Gasteiger partial charge in [0.2, 0.25) is 0 Å². The maximum atomic E-state index is 13.0. The van der Waals surface area contributed by atoms with Crippen molar-refractivity contribution in [2.75, 3.05) is 10.6 Å². The van der Waals surface area contributed by atoms with Gasteiger partial charge in [0.15, 0.2) is 5.78 Å². The molecule has 3 rings (SSSR count). The van der Waals surface area contributed by atoms with Crippen molar-refractivity contribution in [2.24, 2.45) is 7.05 Å². The van der Waals surface area contributed by atoms with E-state index in [4.69, 9.17) is 4.74 Å². The highest BCUT2D eigenvalue weighted by Gasteiger charge is 2.18. The maximum Gasteiger partial charge on any atom is 0.413 e. The number of aromatic nitrogens is 2. The SMILES string of the molecule is Cc1cc(C(=O)Cc2cnc(NC(=O)OC(C)(C)C)cc2NCc2ccccc2)cn(C)c1=O. The summed E-state index contributed by atoms with van der Waals surface area (Å²) in [6.45, 7) is 7.55. The van der Waals surface area contributed by atoms with Gasteiger partial charge in [-0.25, -0.2) is 9.78 Å². The minimum absolute atomic E-state index is 0.0779. The Bertz CT molecular complexity index is 1220. The average Bonchev–Trinajstić information content (AvgIpc) is 2.76. The fraction of sp³-hybridized carbons (Fsp3) is 0.308. The number of ketones is 1. The van der Waals surface area contributed by atoms with E-state index in [2.05, 4.69) is 15.6 Å². The first kappa shape index (κ1) is 24.7. The van der Waals surface area contributed by atoms with Gasteiger partial charge < -0.3 is 14.6 Å². The first-order valence-corrected chi connectivity index (χ1v) is 11.0. The van der Waals surface area contributed by atoms with Crippen LogP contribution in [-0.2, 0) is 24.8 Å². The number of carbonyl (C=O) groups is 2. The number of benzene rings is 1. The molecular formula is C26H30N4O4. The molecule has 1 amide bonds. The lowest BCUT2D eigenvalue weighted by Gasteiger charge is -2.20. The maximum absolute atomic E-state index is 13.0. The molecule has 0 aliphatic heterocycles. The molecule has 2 heterocycles. The molecule has 0 atom stereocenters. The van der Waals surface area contributed by atoms with E-state index < -0.39 is 11.7 Å². The predicted molar refractivity (Wildman–Crippen MR) is 132 cm³/mol. The van der Waals surface area contributed by atoms with Crippen molar-refractivity contribution in [3.8, 4) is 0 Å². The fourth-order valence-electron chi connectivity index (χ4n) is 3.36. The zero-order valence-electron chi connectivity index (χ0n) is 20.1. The van der Waals surface area contributed by atoms with Crippen LogP contribution in [0.25, 0.3) is 0 Å². The number of ether oxygens (including phenoxy) is 1. The van der Waals surface area contributed by atoms with E-state index in [1.807, 2.05) is 30.3 Å². The summed E-state index contributed by atoms with van der Waals surface area (Å²) in [6.07, 6.45) is 2.57. The Labute approximate surface area is 199 Å². The Morgan fingerprint density at radius 1 is 1.12 bits per heavy atom. The van der Waals surface area contributed by atoms with Gasteiger partial charge in [-0.3, -0.25) is 14.9 Å². The minimum atomic E-state index is -0.640. The Kier molecular flexibility index (Phi) is 7.50. The van der Waals surface area contributed by atoms with E-state index in [0.717, 1.165) is 5.56 Å². The number of aryl methyl sites for hydroxylation is 2. The second-order valence-corrected chi connectivity index (χ2v) is 9.12. The van der Waals surface area contributed by atoms with E-state index >= 15 is 0 Å². The number of anilines is 2. The first-order valence-electron chi connectivity index (χ1n) is 11.0. The van der Waals surface area contributed by atoms with Crippen LogP contribution in [0.3, 0.4) is 0 Å². The Hall–Kier alpha value is -3.94. The number of hydrogen-bond acceptors (Lipinski definition) is 6. The van der Waals surface area contributed by atoms with Crippen LogP contribution in [0.5, 0.6) is 0 Å². The molecule has 0 fully saturated rings. The third-order valence-corrected chi connectivity index (χ3v) is 4.98. The third-order valence-electron chi connectivity index (χ3n) is 4.98. The van der Waals surface area contributed by atoms with Crippen LogP contribution >= 0.6 is 0 Å². The van der Waals surface area contributed by atoms with Gasteiger partial charge in [0, 0.05) is 60.9 Å². The molecule has 0 bridgehead atoms. The van der Waals surface area contributed by atoms with Gasteiger partial charge in [0.05, 0.1) is 0 Å². The molecule has 178 valence electrons. The lowest BCUT2D eigenvalue weighted by molar-refractivity contribution is 0.0635. The van der Waals surface area contributed by atoms with Crippen molar-refractivity contribution < 1.29 is 14.3 Å². The molecule has 0 unspecified atom stereocenters. The van der Waals surface area contributed by atoms with Crippen LogP contribution in [0, 0.1) is 6.92 Å². The molecule has 0 aliphatic carbocycles. The van der Waals surface area contributed by atoms with Crippen molar-refractivity contribution >= 4 is 23.4 Å². The van der Waals surface area contributed by atoms with E-state index in [1.165, 1.54) is 4.57 Å². The first-order chi connectivity index (χ1) is 16.0. The normalized spacial score (nSPS) is 11.1. The minimum Gasteiger partial charge on any atom is -0.444 e. The molecule has 0 aliphatic rings. The van der Waals surface area contributed by atoms with E-state index in [-0.39, 0.29) is 17.8 Å². The van der Waals surface area contributed by atoms with Crippen LogP contribution in [-0.4, -0.2) is 27.0 Å². The molecule has 2 N–H and O–H groups in total. The fourth-order valence-corrected chi connectivity index (χ4v) is 3.36. The number of pyridine rings is 2. The third kappa shape index (κ3) is 6.78. The van der Waals surface area contributed by atoms with Gasteiger partial charge in [0.1, 0.15) is 11.4 Å². The van der Waals surface area contributed by atoms with Gasteiger partial charge in [0.25, 0.3) is 5.56 Å². The number of nitrogens with zero attached hydrogens (tertiary/aromatic N) is 2. The van der Waals surface area contributed by atoms with E-state index in [0.29, 0.717) is 34.7 Å². The van der Waals surface area contributed by atoms with E-state index in [9.17, 15) is 14.4 Å². The second kappa shape index (κ2) is 10.3. The van der Waals surface area contributed by atoms with E-state index in [1.54, 1.807) is 59.3 Å². The van der Waals surface area contributed by atoms with Crippen molar-refractivity contribution in [1.82, 2.24) is 9.55 Å². The van der Waals surface area contributed by atoms with Crippen molar-refractivity contribution in [3.05, 3.63) is 87.5 Å². The summed E-state index contributed by atoms with van der Waals surface area (Å²) in [5.74, 6) is 0.162. The smallest absolute Gasteiger partial charge is 0.413 e. The lowest BCUT2D eigenvalue weighted by Crippen LogP contribution is -2.27. The summed E-state index contributed by atoms with van der Waals surface area (Å²) >= 11 is 0.